The van der Waals surface area contributed by atoms with Gasteiger partial charge in [-0.05, 0) is 43.7 Å². The van der Waals surface area contributed by atoms with Crippen LogP contribution in [0.5, 0.6) is 0 Å². The van der Waals surface area contributed by atoms with Crippen molar-refractivity contribution in [2.24, 2.45) is 0 Å². The quantitative estimate of drug-likeness (QED) is 0.783. The Morgan fingerprint density at radius 2 is 1.92 bits per heavy atom. The van der Waals surface area contributed by atoms with E-state index >= 15 is 0 Å². The average molecular weight is 356 g/mol. The van der Waals surface area contributed by atoms with Crippen LogP contribution in [0.3, 0.4) is 0 Å². The molecule has 0 bridgehead atoms. The molecule has 24 heavy (non-hydrogen) atoms. The molecule has 4 nitrogen and oxygen atoms in total. The van der Waals surface area contributed by atoms with Gasteiger partial charge >= 0.3 is 12.2 Å². The molecule has 8 heteroatoms. The van der Waals surface area contributed by atoms with E-state index in [0.29, 0.717) is 17.8 Å². The Hall–Kier alpha value is -2.35. The van der Waals surface area contributed by atoms with Crippen molar-refractivity contribution < 1.29 is 22.8 Å². The number of halogens is 3. The maximum Gasteiger partial charge on any atom is 0.416 e. The predicted molar refractivity (Wildman–Crippen MR) is 86.5 cm³/mol. The smallest absolute Gasteiger partial charge is 0.338 e. The zero-order valence-electron chi connectivity index (χ0n) is 12.7. The molecule has 128 valence electrons. The normalized spacial score (nSPS) is 11.2. The minimum absolute atomic E-state index is 0.0125. The zero-order chi connectivity index (χ0) is 17.7. The zero-order valence-corrected chi connectivity index (χ0v) is 13.6. The molecular formula is C16H15F3N2O2S. The number of nitrogens with one attached hydrogen (secondary N) is 2. The van der Waals surface area contributed by atoms with Gasteiger partial charge in [-0.3, -0.25) is 4.79 Å². The van der Waals surface area contributed by atoms with Crippen LogP contribution in [0.25, 0.3) is 0 Å². The number of hydrogen-bond acceptors (Lipinski definition) is 3. The molecule has 0 aliphatic rings. The Kier molecular flexibility index (Phi) is 5.61. The number of carbonyl (C=O) groups is 2. The molecule has 0 saturated carbocycles. The van der Waals surface area contributed by atoms with Crippen LogP contribution in [0.1, 0.15) is 27.0 Å². The van der Waals surface area contributed by atoms with Crippen molar-refractivity contribution in [3.8, 4) is 0 Å². The number of hydrogen-bond donors (Lipinski definition) is 2. The Morgan fingerprint density at radius 1 is 1.17 bits per heavy atom. The second-order valence-corrected chi connectivity index (χ2v) is 6.20. The first-order valence-corrected chi connectivity index (χ1v) is 7.89. The van der Waals surface area contributed by atoms with Crippen molar-refractivity contribution in [1.82, 2.24) is 5.32 Å². The van der Waals surface area contributed by atoms with Gasteiger partial charge in [-0.15, -0.1) is 11.3 Å². The van der Waals surface area contributed by atoms with Crippen molar-refractivity contribution in [3.05, 3.63) is 51.7 Å². The second-order valence-electron chi connectivity index (χ2n) is 5.03. The van der Waals surface area contributed by atoms with Crippen LogP contribution in [0.4, 0.5) is 23.7 Å². The summed E-state index contributed by atoms with van der Waals surface area (Å²) in [5.41, 5.74) is -0.757. The highest BCUT2D eigenvalue weighted by Crippen LogP contribution is 2.30. The largest absolute Gasteiger partial charge is 0.416 e. The highest BCUT2D eigenvalue weighted by molar-refractivity contribution is 7.14. The predicted octanol–water partition coefficient (Wildman–Crippen LogP) is 4.33. The van der Waals surface area contributed by atoms with E-state index < -0.39 is 17.8 Å². The van der Waals surface area contributed by atoms with Crippen molar-refractivity contribution in [1.29, 1.82) is 0 Å². The fourth-order valence-corrected chi connectivity index (χ4v) is 2.85. The van der Waals surface area contributed by atoms with Gasteiger partial charge in [0.25, 0.3) is 0 Å². The molecule has 0 aliphatic carbocycles. The van der Waals surface area contributed by atoms with Crippen molar-refractivity contribution in [2.75, 3.05) is 11.9 Å². The first-order chi connectivity index (χ1) is 11.3. The molecule has 0 aliphatic heterocycles. The molecule has 2 aromatic rings. The number of carbonyl (C=O) groups excluding carboxylic acids is 2. The highest BCUT2D eigenvalue weighted by atomic mass is 32.1. The highest BCUT2D eigenvalue weighted by Gasteiger charge is 2.30. The number of rotatable bonds is 5. The SMILES string of the molecule is CC(=O)c1ccc(CCNC(=O)Nc2cccc(C(F)(F)F)c2)s1. The lowest BCUT2D eigenvalue weighted by Crippen LogP contribution is -2.30. The van der Waals surface area contributed by atoms with E-state index in [1.165, 1.54) is 30.4 Å². The molecule has 0 saturated heterocycles. The lowest BCUT2D eigenvalue weighted by atomic mass is 10.2. The molecule has 1 aromatic heterocycles. The number of ketones is 1. The van der Waals surface area contributed by atoms with Crippen molar-refractivity contribution in [2.45, 2.75) is 19.5 Å². The Bertz CT molecular complexity index is 741. The lowest BCUT2D eigenvalue weighted by Gasteiger charge is -2.10. The van der Waals surface area contributed by atoms with Gasteiger partial charge in [0.15, 0.2) is 5.78 Å². The van der Waals surface area contributed by atoms with Gasteiger partial charge in [-0.2, -0.15) is 13.2 Å². The van der Waals surface area contributed by atoms with Gasteiger partial charge in [0.2, 0.25) is 0 Å². The summed E-state index contributed by atoms with van der Waals surface area (Å²) in [5, 5.41) is 4.93. The second kappa shape index (κ2) is 7.48. The molecule has 0 unspecified atom stereocenters. The van der Waals surface area contributed by atoms with Gasteiger partial charge in [0.05, 0.1) is 10.4 Å². The monoisotopic (exact) mass is 356 g/mol. The van der Waals surface area contributed by atoms with Gasteiger partial charge in [0, 0.05) is 17.1 Å². The molecule has 2 amide bonds. The molecule has 1 aromatic carbocycles. The van der Waals surface area contributed by atoms with E-state index in [-0.39, 0.29) is 11.5 Å². The van der Waals surface area contributed by atoms with Crippen molar-refractivity contribution >= 4 is 28.8 Å². The average Bonchev–Trinajstić information content (AvgIpc) is 2.96. The van der Waals surface area contributed by atoms with E-state index in [4.69, 9.17) is 0 Å². The summed E-state index contributed by atoms with van der Waals surface area (Å²) in [6, 6.07) is 7.38. The maximum absolute atomic E-state index is 12.6. The molecular weight excluding hydrogens is 341 g/mol. The fraction of sp³-hybridized carbons (Fsp3) is 0.250. The number of benzene rings is 1. The molecule has 2 rings (SSSR count). The molecule has 1 heterocycles. The summed E-state index contributed by atoms with van der Waals surface area (Å²) in [6.07, 6.45) is -3.92. The third-order valence-corrected chi connectivity index (χ3v) is 4.36. The van der Waals surface area contributed by atoms with Crippen molar-refractivity contribution in [3.63, 3.8) is 0 Å². The van der Waals surface area contributed by atoms with Gasteiger partial charge in [-0.25, -0.2) is 4.79 Å². The van der Waals surface area contributed by atoms with Gasteiger partial charge in [-0.1, -0.05) is 6.07 Å². The topological polar surface area (TPSA) is 58.2 Å². The molecule has 0 spiro atoms. The summed E-state index contributed by atoms with van der Waals surface area (Å²) in [6.45, 7) is 1.79. The van der Waals surface area contributed by atoms with E-state index in [0.717, 1.165) is 17.0 Å². The van der Waals surface area contributed by atoms with Crippen LogP contribution in [-0.4, -0.2) is 18.4 Å². The first kappa shape index (κ1) is 18.0. The van der Waals surface area contributed by atoms with Gasteiger partial charge < -0.3 is 10.6 Å². The lowest BCUT2D eigenvalue weighted by molar-refractivity contribution is -0.137. The van der Waals surface area contributed by atoms with Gasteiger partial charge in [0.1, 0.15) is 0 Å². The van der Waals surface area contributed by atoms with E-state index in [1.54, 1.807) is 6.07 Å². The Balaban J connectivity index is 1.84. The maximum atomic E-state index is 12.6. The number of Topliss-reactive ketones (excluding diaryl/α,β-unsaturated/α-hetero) is 1. The summed E-state index contributed by atoms with van der Waals surface area (Å²) in [7, 11) is 0. The Labute approximate surface area is 140 Å². The molecule has 0 fully saturated rings. The molecule has 2 N–H and O–H groups in total. The number of amides is 2. The standard InChI is InChI=1S/C16H15F3N2O2S/c1-10(22)14-6-5-13(24-14)7-8-20-15(23)21-12-4-2-3-11(9-12)16(17,18)19/h2-6,9H,7-8H2,1H3,(H2,20,21,23). The number of urea groups is 1. The summed E-state index contributed by atoms with van der Waals surface area (Å²) in [4.78, 5) is 24.5. The number of thiophene rings is 1. The first-order valence-electron chi connectivity index (χ1n) is 7.07. The molecule has 0 atom stereocenters. The number of alkyl halides is 3. The fourth-order valence-electron chi connectivity index (χ4n) is 1.95. The van der Waals surface area contributed by atoms with Crippen LogP contribution >= 0.6 is 11.3 Å². The summed E-state index contributed by atoms with van der Waals surface area (Å²) in [5.74, 6) is -0.0125. The van der Waals surface area contributed by atoms with Crippen LogP contribution in [0.15, 0.2) is 36.4 Å². The van der Waals surface area contributed by atoms with Crippen LogP contribution < -0.4 is 10.6 Å². The third-order valence-electron chi connectivity index (χ3n) is 3.11. The number of anilines is 1. The molecule has 0 radical (unpaired) electrons. The minimum Gasteiger partial charge on any atom is -0.338 e. The van der Waals surface area contributed by atoms with Crippen LogP contribution in [0, 0.1) is 0 Å². The van der Waals surface area contributed by atoms with E-state index in [9.17, 15) is 22.8 Å². The summed E-state index contributed by atoms with van der Waals surface area (Å²) < 4.78 is 37.8. The van der Waals surface area contributed by atoms with Crippen LogP contribution in [0.2, 0.25) is 0 Å². The van der Waals surface area contributed by atoms with Crippen LogP contribution in [-0.2, 0) is 12.6 Å². The third kappa shape index (κ3) is 5.09. The summed E-state index contributed by atoms with van der Waals surface area (Å²) >= 11 is 1.36. The Morgan fingerprint density at radius 3 is 2.54 bits per heavy atom. The minimum atomic E-state index is -4.46. The van der Waals surface area contributed by atoms with E-state index in [2.05, 4.69) is 10.6 Å². The van der Waals surface area contributed by atoms with E-state index in [1.807, 2.05) is 6.07 Å².